The van der Waals surface area contributed by atoms with Crippen molar-refractivity contribution in [3.05, 3.63) is 102 Å². The van der Waals surface area contributed by atoms with E-state index in [1.165, 1.54) is 11.3 Å². The Bertz CT molecular complexity index is 1380. The predicted octanol–water partition coefficient (Wildman–Crippen LogP) is 5.63. The minimum atomic E-state index is -0.0152. The maximum atomic E-state index is 13.5. The summed E-state index contributed by atoms with van der Waals surface area (Å²) in [6, 6.07) is 23.5. The van der Waals surface area contributed by atoms with Crippen molar-refractivity contribution in [3.8, 4) is 17.0 Å². The lowest BCUT2D eigenvalue weighted by atomic mass is 10.1. The first-order valence-corrected chi connectivity index (χ1v) is 12.0. The zero-order valence-corrected chi connectivity index (χ0v) is 19.6. The van der Waals surface area contributed by atoms with Gasteiger partial charge < -0.3 is 4.74 Å². The number of benzene rings is 2. The third-order valence-electron chi connectivity index (χ3n) is 5.49. The van der Waals surface area contributed by atoms with Crippen molar-refractivity contribution in [2.45, 2.75) is 19.9 Å². The maximum absolute atomic E-state index is 13.5. The number of hydrogen-bond acceptors (Lipinski definition) is 5. The molecule has 2 aromatic carbocycles. The fourth-order valence-corrected chi connectivity index (χ4v) is 4.68. The molecule has 6 nitrogen and oxygen atoms in total. The molecule has 3 aromatic heterocycles. The number of nitrogens with zero attached hydrogens (tertiary/aromatic N) is 4. The molecule has 170 valence electrons. The van der Waals surface area contributed by atoms with Crippen LogP contribution in [-0.2, 0) is 17.8 Å². The third kappa shape index (κ3) is 4.70. The monoisotopic (exact) mass is 468 g/mol. The molecule has 3 heterocycles. The summed E-state index contributed by atoms with van der Waals surface area (Å²) >= 11 is 1.54. The number of pyridine rings is 1. The number of aromatic nitrogens is 3. The molecule has 0 unspecified atom stereocenters. The molecule has 0 atom stereocenters. The molecule has 0 fully saturated rings. The van der Waals surface area contributed by atoms with Crippen molar-refractivity contribution < 1.29 is 9.53 Å². The van der Waals surface area contributed by atoms with Gasteiger partial charge in [-0.25, -0.2) is 9.97 Å². The molecule has 0 spiro atoms. The molecule has 0 N–H and O–H groups in total. The van der Waals surface area contributed by atoms with E-state index in [4.69, 9.17) is 9.72 Å². The van der Waals surface area contributed by atoms with Gasteiger partial charge in [-0.3, -0.25) is 14.1 Å². The van der Waals surface area contributed by atoms with Crippen LogP contribution in [-0.4, -0.2) is 26.9 Å². The van der Waals surface area contributed by atoms with E-state index in [-0.39, 0.29) is 12.3 Å². The van der Waals surface area contributed by atoms with E-state index < -0.39 is 0 Å². The molecule has 0 saturated heterocycles. The van der Waals surface area contributed by atoms with Crippen molar-refractivity contribution in [2.75, 3.05) is 11.5 Å². The summed E-state index contributed by atoms with van der Waals surface area (Å²) in [6.07, 6.45) is 3.96. The molecule has 34 heavy (non-hydrogen) atoms. The summed E-state index contributed by atoms with van der Waals surface area (Å²) in [4.78, 5) is 25.3. The second kappa shape index (κ2) is 9.89. The smallest absolute Gasteiger partial charge is 0.234 e. The Balaban J connectivity index is 1.40. The van der Waals surface area contributed by atoms with Crippen LogP contribution >= 0.6 is 11.3 Å². The zero-order chi connectivity index (χ0) is 23.3. The molecule has 5 aromatic rings. The van der Waals surface area contributed by atoms with Crippen LogP contribution in [0.5, 0.6) is 5.75 Å². The Morgan fingerprint density at radius 1 is 1.03 bits per heavy atom. The number of carbonyl (C=O) groups excluding carboxylic acids is 1. The van der Waals surface area contributed by atoms with Gasteiger partial charge in [-0.2, -0.15) is 0 Å². The number of imidazole rings is 1. The molecule has 7 heteroatoms. The van der Waals surface area contributed by atoms with Gasteiger partial charge in [0.25, 0.3) is 0 Å². The fraction of sp³-hybridized carbons (Fsp3) is 0.148. The van der Waals surface area contributed by atoms with Crippen molar-refractivity contribution in [1.82, 2.24) is 14.4 Å². The molecule has 0 radical (unpaired) electrons. The van der Waals surface area contributed by atoms with Crippen molar-refractivity contribution in [1.29, 1.82) is 0 Å². The normalized spacial score (nSPS) is 11.0. The summed E-state index contributed by atoms with van der Waals surface area (Å²) in [6.45, 7) is 3.07. The van der Waals surface area contributed by atoms with Gasteiger partial charge in [0.2, 0.25) is 5.91 Å². The molecule has 0 aliphatic heterocycles. The van der Waals surface area contributed by atoms with Crippen LogP contribution in [0.3, 0.4) is 0 Å². The minimum absolute atomic E-state index is 0.0152. The Morgan fingerprint density at radius 2 is 1.82 bits per heavy atom. The highest BCUT2D eigenvalue weighted by atomic mass is 32.1. The van der Waals surface area contributed by atoms with Gasteiger partial charge in [-0.05, 0) is 48.9 Å². The predicted molar refractivity (Wildman–Crippen MR) is 135 cm³/mol. The molecule has 0 saturated carbocycles. The molecule has 0 aliphatic carbocycles. The number of fused-ring (bicyclic) bond motifs is 1. The molecule has 0 aliphatic rings. The summed E-state index contributed by atoms with van der Waals surface area (Å²) < 4.78 is 7.54. The van der Waals surface area contributed by atoms with Crippen LogP contribution in [0.4, 0.5) is 5.82 Å². The Labute approximate surface area is 202 Å². The van der Waals surface area contributed by atoms with Gasteiger partial charge >= 0.3 is 0 Å². The van der Waals surface area contributed by atoms with Crippen LogP contribution in [0.25, 0.3) is 16.2 Å². The van der Waals surface area contributed by atoms with E-state index in [1.54, 1.807) is 11.1 Å². The van der Waals surface area contributed by atoms with Gasteiger partial charge in [-0.15, -0.1) is 11.3 Å². The maximum Gasteiger partial charge on any atom is 0.234 e. The number of amides is 1. The zero-order valence-electron chi connectivity index (χ0n) is 18.8. The number of rotatable bonds is 8. The van der Waals surface area contributed by atoms with Crippen LogP contribution < -0.4 is 9.64 Å². The largest absolute Gasteiger partial charge is 0.494 e. The van der Waals surface area contributed by atoms with E-state index >= 15 is 0 Å². The number of hydrogen-bond donors (Lipinski definition) is 0. The summed E-state index contributed by atoms with van der Waals surface area (Å²) in [5.41, 5.74) is 3.84. The first-order valence-electron chi connectivity index (χ1n) is 11.2. The first kappa shape index (κ1) is 21.9. The second-order valence-electron chi connectivity index (χ2n) is 7.79. The Morgan fingerprint density at radius 3 is 2.56 bits per heavy atom. The van der Waals surface area contributed by atoms with Gasteiger partial charge in [0.05, 0.1) is 25.3 Å². The quantitative estimate of drug-likeness (QED) is 0.296. The molecular formula is C27H24N4O2S. The number of anilines is 1. The average molecular weight is 469 g/mol. The van der Waals surface area contributed by atoms with Crippen LogP contribution in [0.1, 0.15) is 18.2 Å². The van der Waals surface area contributed by atoms with Crippen molar-refractivity contribution in [3.63, 3.8) is 0 Å². The first-order chi connectivity index (χ1) is 16.7. The lowest BCUT2D eigenvalue weighted by Crippen LogP contribution is -2.32. The van der Waals surface area contributed by atoms with E-state index in [0.29, 0.717) is 19.0 Å². The fourth-order valence-electron chi connectivity index (χ4n) is 3.81. The highest BCUT2D eigenvalue weighted by Gasteiger charge is 2.20. The number of carbonyl (C=O) groups is 1. The Hall–Kier alpha value is -3.97. The summed E-state index contributed by atoms with van der Waals surface area (Å²) in [5, 5.41) is 2.00. The molecule has 0 bridgehead atoms. The average Bonchev–Trinajstić information content (AvgIpc) is 3.46. The SMILES string of the molecule is CCOc1ccc(-c2cn3c(CC(=O)N(Cc4ccccc4)c4ccccn4)csc3n2)cc1. The number of ether oxygens (including phenoxy) is 1. The molecular weight excluding hydrogens is 444 g/mol. The van der Waals surface area contributed by atoms with E-state index in [0.717, 1.165) is 33.2 Å². The van der Waals surface area contributed by atoms with Crippen LogP contribution in [0.15, 0.2) is 90.6 Å². The van der Waals surface area contributed by atoms with E-state index in [2.05, 4.69) is 4.98 Å². The summed E-state index contributed by atoms with van der Waals surface area (Å²) in [7, 11) is 0. The van der Waals surface area contributed by atoms with Gasteiger partial charge in [0.1, 0.15) is 11.6 Å². The minimum Gasteiger partial charge on any atom is -0.494 e. The van der Waals surface area contributed by atoms with Crippen LogP contribution in [0, 0.1) is 0 Å². The highest BCUT2D eigenvalue weighted by Crippen LogP contribution is 2.26. The lowest BCUT2D eigenvalue weighted by molar-refractivity contribution is -0.118. The van der Waals surface area contributed by atoms with E-state index in [9.17, 15) is 4.79 Å². The Kier molecular flexibility index (Phi) is 6.35. The third-order valence-corrected chi connectivity index (χ3v) is 6.38. The highest BCUT2D eigenvalue weighted by molar-refractivity contribution is 7.15. The van der Waals surface area contributed by atoms with E-state index in [1.807, 2.05) is 95.7 Å². The van der Waals surface area contributed by atoms with Crippen molar-refractivity contribution >= 4 is 28.0 Å². The van der Waals surface area contributed by atoms with Crippen molar-refractivity contribution in [2.24, 2.45) is 0 Å². The summed E-state index contributed by atoms with van der Waals surface area (Å²) in [5.74, 6) is 1.47. The van der Waals surface area contributed by atoms with Gasteiger partial charge in [0.15, 0.2) is 4.96 Å². The molecule has 1 amide bonds. The lowest BCUT2D eigenvalue weighted by Gasteiger charge is -2.22. The van der Waals surface area contributed by atoms with Crippen LogP contribution in [0.2, 0.25) is 0 Å². The van der Waals surface area contributed by atoms with Gasteiger partial charge in [0, 0.05) is 29.0 Å². The number of thiazole rings is 1. The topological polar surface area (TPSA) is 59.7 Å². The van der Waals surface area contributed by atoms with Gasteiger partial charge in [-0.1, -0.05) is 36.4 Å². The second-order valence-corrected chi connectivity index (χ2v) is 8.63. The standard InChI is InChI=1S/C27H24N4O2S/c1-2-33-23-13-11-21(12-14-23)24-18-30-22(19-34-27(30)29-24)16-26(32)31(25-10-6-7-15-28-25)17-20-8-4-3-5-9-20/h3-15,18-19H,2,16-17H2,1H3. The molecule has 5 rings (SSSR count).